The molecule has 3 atom stereocenters. The molecule has 3 aromatic rings. The second-order valence-electron chi connectivity index (χ2n) is 9.62. The van der Waals surface area contributed by atoms with Gasteiger partial charge in [-0.05, 0) is 55.7 Å². The van der Waals surface area contributed by atoms with Gasteiger partial charge in [0.2, 0.25) is 0 Å². The summed E-state index contributed by atoms with van der Waals surface area (Å²) in [5.74, 6) is -0.128. The van der Waals surface area contributed by atoms with E-state index in [0.29, 0.717) is 17.1 Å². The third-order valence-corrected chi connectivity index (χ3v) is 9.86. The van der Waals surface area contributed by atoms with Crippen LogP contribution in [0.3, 0.4) is 0 Å². The van der Waals surface area contributed by atoms with Crippen LogP contribution < -0.4 is 16.4 Å². The maximum absolute atomic E-state index is 13.0. The van der Waals surface area contributed by atoms with Crippen molar-refractivity contribution in [3.05, 3.63) is 44.8 Å². The quantitative estimate of drug-likeness (QED) is 0.440. The third-order valence-electron chi connectivity index (χ3n) is 7.63. The first kappa shape index (κ1) is 21.8. The van der Waals surface area contributed by atoms with Crippen molar-refractivity contribution in [1.29, 1.82) is 0 Å². The zero-order valence-electron chi connectivity index (χ0n) is 18.9. The number of aromatic nitrogens is 1. The van der Waals surface area contributed by atoms with Crippen LogP contribution in [0.25, 0.3) is 9.53 Å². The van der Waals surface area contributed by atoms with Gasteiger partial charge in [0, 0.05) is 25.2 Å². The highest BCUT2D eigenvalue weighted by Gasteiger charge is 2.52. The minimum Gasteiger partial charge on any atom is -0.465 e. The highest BCUT2D eigenvalue weighted by atomic mass is 32.1. The number of nitrogens with zero attached hydrogens (tertiary/aromatic N) is 2. The van der Waals surface area contributed by atoms with Crippen molar-refractivity contribution >= 4 is 49.9 Å². The van der Waals surface area contributed by atoms with Crippen LogP contribution >= 0.6 is 22.7 Å². The molecule has 0 saturated carbocycles. The summed E-state index contributed by atoms with van der Waals surface area (Å²) in [4.78, 5) is 32.6. The number of nitrogens with one attached hydrogen (secondary N) is 2. The predicted molar refractivity (Wildman–Crippen MR) is 134 cm³/mol. The number of carbonyl (C=O) groups excluding carboxylic acids is 1. The van der Waals surface area contributed by atoms with E-state index >= 15 is 0 Å². The number of fused-ring (bicyclic) bond motifs is 4. The first-order valence-corrected chi connectivity index (χ1v) is 13.3. The number of carbonyl (C=O) groups is 2. The fourth-order valence-corrected chi connectivity index (χ4v) is 8.12. The summed E-state index contributed by atoms with van der Waals surface area (Å²) in [5.41, 5.74) is 9.86. The highest BCUT2D eigenvalue weighted by Crippen LogP contribution is 2.45. The number of thiophene rings is 1. The number of piperazine rings is 1. The predicted octanol–water partition coefficient (Wildman–Crippen LogP) is 3.48. The van der Waals surface area contributed by atoms with Crippen LogP contribution in [0.4, 0.5) is 10.5 Å². The fraction of sp³-hybridized carbons (Fsp3) is 0.458. The smallest absolute Gasteiger partial charge is 0.408 e. The van der Waals surface area contributed by atoms with E-state index in [1.165, 1.54) is 33.8 Å². The molecule has 34 heavy (non-hydrogen) atoms. The summed E-state index contributed by atoms with van der Waals surface area (Å²) in [7, 11) is 0. The standard InChI is InChI=1S/C24H27N5O3S2/c1-12-27-22-20(33-12)18(25)19(34-22)21(30)28-16-5-3-13-8-15(4-2-14(13)9-16)24-7-6-17(10-26-11-24)29(24)23(31)32/h2,4,8,16-17,26H,3,5-7,9-11,25H2,1H3,(H,28,30)(H,31,32). The fourth-order valence-electron chi connectivity index (χ4n) is 6.03. The first-order valence-electron chi connectivity index (χ1n) is 11.7. The van der Waals surface area contributed by atoms with Gasteiger partial charge >= 0.3 is 6.09 Å². The number of rotatable bonds is 3. The molecule has 2 aliphatic heterocycles. The Bertz CT molecular complexity index is 1310. The maximum atomic E-state index is 13.0. The van der Waals surface area contributed by atoms with Crippen molar-refractivity contribution in [2.45, 2.75) is 56.7 Å². The van der Waals surface area contributed by atoms with E-state index in [2.05, 4.69) is 33.8 Å². The molecule has 2 saturated heterocycles. The van der Waals surface area contributed by atoms with E-state index in [0.717, 1.165) is 58.8 Å². The largest absolute Gasteiger partial charge is 0.465 e. The van der Waals surface area contributed by atoms with E-state index in [9.17, 15) is 14.7 Å². The Balaban J connectivity index is 1.20. The van der Waals surface area contributed by atoms with Crippen molar-refractivity contribution in [3.63, 3.8) is 0 Å². The molecule has 4 heterocycles. The first-order chi connectivity index (χ1) is 16.4. The molecule has 3 unspecified atom stereocenters. The second-order valence-corrected chi connectivity index (χ2v) is 11.8. The van der Waals surface area contributed by atoms with Crippen molar-refractivity contribution in [3.8, 4) is 0 Å². The number of benzene rings is 1. The number of carboxylic acid groups (broad SMARTS) is 1. The molecular weight excluding hydrogens is 470 g/mol. The Kier molecular flexibility index (Phi) is 5.09. The number of aryl methyl sites for hydroxylation is 2. The van der Waals surface area contributed by atoms with Crippen LogP contribution in [0, 0.1) is 6.92 Å². The second kappa shape index (κ2) is 7.93. The number of hydrogen-bond acceptors (Lipinski definition) is 7. The minimum atomic E-state index is -0.831. The van der Waals surface area contributed by atoms with Crippen molar-refractivity contribution in [1.82, 2.24) is 20.5 Å². The average molecular weight is 498 g/mol. The third kappa shape index (κ3) is 3.30. The van der Waals surface area contributed by atoms with Gasteiger partial charge in [0.25, 0.3) is 5.91 Å². The lowest BCUT2D eigenvalue weighted by molar-refractivity contribution is 0.0596. The average Bonchev–Trinajstić information content (AvgIpc) is 3.41. The highest BCUT2D eigenvalue weighted by molar-refractivity contribution is 7.29. The van der Waals surface area contributed by atoms with Crippen LogP contribution in [0.15, 0.2) is 18.2 Å². The van der Waals surface area contributed by atoms with E-state index in [1.807, 2.05) is 6.92 Å². The summed E-state index contributed by atoms with van der Waals surface area (Å²) in [6.07, 6.45) is 3.36. The Morgan fingerprint density at radius 1 is 1.29 bits per heavy atom. The lowest BCUT2D eigenvalue weighted by Crippen LogP contribution is -2.60. The van der Waals surface area contributed by atoms with Gasteiger partial charge in [0.1, 0.15) is 9.71 Å². The number of nitrogens with two attached hydrogens (primary N) is 1. The number of amides is 2. The molecule has 5 N–H and O–H groups in total. The summed E-state index contributed by atoms with van der Waals surface area (Å²) in [6.45, 7) is 3.32. The van der Waals surface area contributed by atoms with Crippen LogP contribution in [0.2, 0.25) is 0 Å². The molecule has 8 nitrogen and oxygen atoms in total. The Labute approximate surface area is 205 Å². The van der Waals surface area contributed by atoms with E-state index in [1.54, 1.807) is 4.90 Å². The van der Waals surface area contributed by atoms with Gasteiger partial charge in [-0.3, -0.25) is 9.69 Å². The molecule has 6 rings (SSSR count). The normalized spacial score (nSPS) is 26.0. The summed E-state index contributed by atoms with van der Waals surface area (Å²) < 4.78 is 0.898. The summed E-state index contributed by atoms with van der Waals surface area (Å²) in [5, 5.41) is 17.5. The topological polar surface area (TPSA) is 121 Å². The van der Waals surface area contributed by atoms with Gasteiger partial charge in [-0.25, -0.2) is 9.78 Å². The van der Waals surface area contributed by atoms with Crippen molar-refractivity contribution in [2.24, 2.45) is 0 Å². The minimum absolute atomic E-state index is 0.0425. The molecule has 10 heteroatoms. The lowest BCUT2D eigenvalue weighted by Gasteiger charge is -2.44. The van der Waals surface area contributed by atoms with Gasteiger partial charge in [-0.15, -0.1) is 22.7 Å². The number of thiazole rings is 1. The zero-order chi connectivity index (χ0) is 23.6. The molecule has 178 valence electrons. The molecule has 0 radical (unpaired) electrons. The molecule has 1 aliphatic carbocycles. The Hall–Kier alpha value is -2.69. The van der Waals surface area contributed by atoms with E-state index < -0.39 is 11.6 Å². The van der Waals surface area contributed by atoms with Crippen LogP contribution in [0.5, 0.6) is 0 Å². The summed E-state index contributed by atoms with van der Waals surface area (Å²) >= 11 is 2.88. The zero-order valence-corrected chi connectivity index (χ0v) is 20.5. The molecule has 2 bridgehead atoms. The van der Waals surface area contributed by atoms with Crippen molar-refractivity contribution in [2.75, 3.05) is 18.8 Å². The van der Waals surface area contributed by atoms with E-state index in [-0.39, 0.29) is 18.0 Å². The number of anilines is 1. The SMILES string of the molecule is Cc1nc2sc(C(=O)NC3CCc4cc(C56CCC(CNC5)N6C(=O)O)ccc4C3)c(N)c2s1. The monoisotopic (exact) mass is 497 g/mol. The maximum Gasteiger partial charge on any atom is 0.408 e. The van der Waals surface area contributed by atoms with Crippen LogP contribution in [-0.4, -0.2) is 52.2 Å². The molecule has 1 aromatic carbocycles. The molecule has 2 amide bonds. The van der Waals surface area contributed by atoms with Gasteiger partial charge in [-0.2, -0.15) is 0 Å². The van der Waals surface area contributed by atoms with Crippen LogP contribution in [0.1, 0.15) is 50.6 Å². The van der Waals surface area contributed by atoms with Gasteiger partial charge in [0.05, 0.1) is 20.9 Å². The Morgan fingerprint density at radius 3 is 2.94 bits per heavy atom. The van der Waals surface area contributed by atoms with E-state index in [4.69, 9.17) is 5.73 Å². The van der Waals surface area contributed by atoms with Gasteiger partial charge in [-0.1, -0.05) is 18.2 Å². The number of hydrogen-bond donors (Lipinski definition) is 4. The Morgan fingerprint density at radius 2 is 2.15 bits per heavy atom. The van der Waals surface area contributed by atoms with Crippen molar-refractivity contribution < 1.29 is 14.7 Å². The molecule has 2 fully saturated rings. The number of nitrogen functional groups attached to an aromatic ring is 1. The van der Waals surface area contributed by atoms with Gasteiger partial charge in [0.15, 0.2) is 0 Å². The van der Waals surface area contributed by atoms with Crippen LogP contribution in [-0.2, 0) is 18.4 Å². The molecule has 3 aliphatic rings. The molecule has 2 aromatic heterocycles. The molecule has 0 spiro atoms. The summed E-state index contributed by atoms with van der Waals surface area (Å²) in [6, 6.07) is 6.51. The van der Waals surface area contributed by atoms with Gasteiger partial charge < -0.3 is 21.5 Å². The lowest BCUT2D eigenvalue weighted by atomic mass is 9.81. The molecular formula is C24H27N5O3S2.